The molecule has 0 aromatic heterocycles. The summed E-state index contributed by atoms with van der Waals surface area (Å²) >= 11 is 3.20. The van der Waals surface area contributed by atoms with Crippen LogP contribution < -0.4 is 15.5 Å². The van der Waals surface area contributed by atoms with Crippen molar-refractivity contribution in [1.82, 2.24) is 5.43 Å². The Balaban J connectivity index is 1.99. The van der Waals surface area contributed by atoms with Gasteiger partial charge in [-0.2, -0.15) is 5.10 Å². The molecule has 0 fully saturated rings. The van der Waals surface area contributed by atoms with E-state index in [1.165, 1.54) is 31.3 Å². The molecule has 0 aliphatic heterocycles. The lowest BCUT2D eigenvalue weighted by Gasteiger charge is -2.11. The van der Waals surface area contributed by atoms with E-state index in [-0.39, 0.29) is 17.2 Å². The zero-order valence-electron chi connectivity index (χ0n) is 15.2. The van der Waals surface area contributed by atoms with Gasteiger partial charge in [0.2, 0.25) is 5.91 Å². The highest BCUT2D eigenvalue weighted by Crippen LogP contribution is 2.35. The van der Waals surface area contributed by atoms with Gasteiger partial charge in [0.25, 0.3) is 5.91 Å². The largest absolute Gasteiger partial charge is 0.503 e. The Kier molecular flexibility index (Phi) is 7.51. The lowest BCUT2D eigenvalue weighted by atomic mass is 10.1. The van der Waals surface area contributed by atoms with Crippen molar-refractivity contribution in [3.63, 3.8) is 0 Å². The van der Waals surface area contributed by atoms with Crippen LogP contribution in [0.15, 0.2) is 46.0 Å². The van der Waals surface area contributed by atoms with Crippen molar-refractivity contribution < 1.29 is 23.8 Å². The maximum absolute atomic E-state index is 13.6. The number of halogens is 2. The number of carbonyl (C=O) groups excluding carboxylic acids is 2. The summed E-state index contributed by atoms with van der Waals surface area (Å²) in [6.45, 7) is 3.53. The summed E-state index contributed by atoms with van der Waals surface area (Å²) in [5.74, 6) is -2.78. The lowest BCUT2D eigenvalue weighted by molar-refractivity contribution is -0.131. The Hall–Kier alpha value is -2.94. The van der Waals surface area contributed by atoms with Crippen molar-refractivity contribution in [2.45, 2.75) is 13.8 Å². The molecule has 2 aromatic rings. The van der Waals surface area contributed by atoms with Crippen LogP contribution in [0.5, 0.6) is 11.5 Å². The van der Waals surface area contributed by atoms with Crippen molar-refractivity contribution in [3.05, 3.63) is 52.3 Å². The zero-order valence-corrected chi connectivity index (χ0v) is 16.8. The minimum atomic E-state index is -1.10. The first-order valence-electron chi connectivity index (χ1n) is 8.37. The van der Waals surface area contributed by atoms with E-state index in [0.29, 0.717) is 16.6 Å². The highest BCUT2D eigenvalue weighted by Gasteiger charge is 2.22. The number of aromatic hydroxyl groups is 1. The molecule has 0 saturated carbocycles. The highest BCUT2D eigenvalue weighted by atomic mass is 79.9. The number of rotatable bonds is 7. The number of phenols is 1. The number of carbonyl (C=O) groups is 2. The van der Waals surface area contributed by atoms with E-state index in [1.807, 2.05) is 0 Å². The first-order valence-corrected chi connectivity index (χ1v) is 9.16. The zero-order chi connectivity index (χ0) is 20.7. The Morgan fingerprint density at radius 2 is 2.04 bits per heavy atom. The van der Waals surface area contributed by atoms with Crippen LogP contribution in [0.4, 0.5) is 10.1 Å². The highest BCUT2D eigenvalue weighted by molar-refractivity contribution is 9.10. The maximum atomic E-state index is 13.6. The molecule has 0 aliphatic rings. The van der Waals surface area contributed by atoms with E-state index in [2.05, 4.69) is 31.8 Å². The van der Waals surface area contributed by atoms with Gasteiger partial charge in [-0.3, -0.25) is 9.59 Å². The van der Waals surface area contributed by atoms with Crippen molar-refractivity contribution >= 4 is 39.6 Å². The smallest absolute Gasteiger partial charge is 0.252 e. The predicted molar refractivity (Wildman–Crippen MR) is 107 cm³/mol. The minimum Gasteiger partial charge on any atom is -0.503 e. The van der Waals surface area contributed by atoms with Crippen LogP contribution in [0.25, 0.3) is 0 Å². The summed E-state index contributed by atoms with van der Waals surface area (Å²) in [4.78, 5) is 24.2. The second-order valence-corrected chi connectivity index (χ2v) is 6.56. The molecule has 0 heterocycles. The van der Waals surface area contributed by atoms with Crippen LogP contribution in [-0.2, 0) is 9.59 Å². The number of amides is 2. The molecule has 2 aromatic carbocycles. The number of phenolic OH excluding ortho intramolecular Hbond substituents is 1. The van der Waals surface area contributed by atoms with Gasteiger partial charge in [-0.05, 0) is 59.6 Å². The molecule has 148 valence electrons. The van der Waals surface area contributed by atoms with Gasteiger partial charge < -0.3 is 15.2 Å². The maximum Gasteiger partial charge on any atom is 0.252 e. The van der Waals surface area contributed by atoms with Gasteiger partial charge in [0.1, 0.15) is 11.7 Å². The fourth-order valence-electron chi connectivity index (χ4n) is 2.12. The third-order valence-corrected chi connectivity index (χ3v) is 4.26. The quantitative estimate of drug-likeness (QED) is 0.341. The Morgan fingerprint density at radius 1 is 1.32 bits per heavy atom. The van der Waals surface area contributed by atoms with Crippen LogP contribution >= 0.6 is 15.9 Å². The number of hydrogen-bond acceptors (Lipinski definition) is 5. The number of hydrazone groups is 1. The van der Waals surface area contributed by atoms with E-state index in [4.69, 9.17) is 4.74 Å². The molecule has 1 atom stereocenters. The third-order valence-electron chi connectivity index (χ3n) is 3.66. The molecule has 1 unspecified atom stereocenters. The molecule has 7 nitrogen and oxygen atoms in total. The molecule has 28 heavy (non-hydrogen) atoms. The minimum absolute atomic E-state index is 0.00644. The predicted octanol–water partition coefficient (Wildman–Crippen LogP) is 3.42. The lowest BCUT2D eigenvalue weighted by Crippen LogP contribution is -2.34. The van der Waals surface area contributed by atoms with E-state index in [0.717, 1.165) is 0 Å². The van der Waals surface area contributed by atoms with Gasteiger partial charge in [-0.1, -0.05) is 12.1 Å². The molecule has 2 rings (SSSR count). The van der Waals surface area contributed by atoms with Crippen LogP contribution in [-0.4, -0.2) is 29.7 Å². The summed E-state index contributed by atoms with van der Waals surface area (Å²) in [7, 11) is 0. The number of benzene rings is 2. The standard InChI is InChI=1S/C19H19BrFN3O4/c1-3-28-16-9-12(8-13(20)17(16)25)10-22-24-19(27)11(2)18(26)23-15-7-5-4-6-14(15)21/h4-11,25H,3H2,1-2H3,(H,23,26)(H,24,27)/b22-10+. The molecule has 0 bridgehead atoms. The van der Waals surface area contributed by atoms with Crippen molar-refractivity contribution in [2.75, 3.05) is 11.9 Å². The van der Waals surface area contributed by atoms with Crippen LogP contribution in [0.2, 0.25) is 0 Å². The number of nitrogens with zero attached hydrogens (tertiary/aromatic N) is 1. The summed E-state index contributed by atoms with van der Waals surface area (Å²) in [5.41, 5.74) is 2.80. The average Bonchev–Trinajstić information content (AvgIpc) is 2.66. The van der Waals surface area contributed by atoms with Crippen molar-refractivity contribution in [2.24, 2.45) is 11.0 Å². The summed E-state index contributed by atoms with van der Waals surface area (Å²) in [6, 6.07) is 8.80. The molecule has 0 spiro atoms. The summed E-state index contributed by atoms with van der Waals surface area (Å²) < 4.78 is 19.3. The molecule has 3 N–H and O–H groups in total. The normalized spacial score (nSPS) is 11.9. The Morgan fingerprint density at radius 3 is 2.71 bits per heavy atom. The van der Waals surface area contributed by atoms with Crippen LogP contribution in [0.1, 0.15) is 19.4 Å². The molecule has 0 saturated heterocycles. The van der Waals surface area contributed by atoms with Gasteiger partial charge in [0.05, 0.1) is 23.0 Å². The number of para-hydroxylation sites is 1. The second kappa shape index (κ2) is 9.84. The summed E-state index contributed by atoms with van der Waals surface area (Å²) in [6.07, 6.45) is 1.34. The van der Waals surface area contributed by atoms with Crippen molar-refractivity contribution in [3.8, 4) is 11.5 Å². The Labute approximate surface area is 169 Å². The molecule has 2 amide bonds. The van der Waals surface area contributed by atoms with E-state index in [9.17, 15) is 19.1 Å². The number of ether oxygens (including phenoxy) is 1. The number of hydrogen-bond donors (Lipinski definition) is 3. The number of nitrogens with one attached hydrogen (secondary N) is 2. The topological polar surface area (TPSA) is 100 Å². The van der Waals surface area contributed by atoms with Crippen LogP contribution in [0, 0.1) is 11.7 Å². The van der Waals surface area contributed by atoms with E-state index >= 15 is 0 Å². The summed E-state index contributed by atoms with van der Waals surface area (Å²) in [5, 5.41) is 16.0. The molecular weight excluding hydrogens is 433 g/mol. The Bertz CT molecular complexity index is 905. The average molecular weight is 452 g/mol. The van der Waals surface area contributed by atoms with Gasteiger partial charge in [-0.25, -0.2) is 9.82 Å². The molecule has 9 heteroatoms. The third kappa shape index (κ3) is 5.53. The van der Waals surface area contributed by atoms with Gasteiger partial charge in [0, 0.05) is 0 Å². The van der Waals surface area contributed by atoms with Gasteiger partial charge in [0.15, 0.2) is 11.5 Å². The van der Waals surface area contributed by atoms with Crippen LogP contribution in [0.3, 0.4) is 0 Å². The molecule has 0 radical (unpaired) electrons. The second-order valence-electron chi connectivity index (χ2n) is 5.71. The van der Waals surface area contributed by atoms with Gasteiger partial charge in [-0.15, -0.1) is 0 Å². The fraction of sp³-hybridized carbons (Fsp3) is 0.211. The first-order chi connectivity index (χ1) is 13.3. The van der Waals surface area contributed by atoms with E-state index < -0.39 is 23.5 Å². The SMILES string of the molecule is CCOc1cc(/C=N/NC(=O)C(C)C(=O)Nc2ccccc2F)cc(Br)c1O. The molecule has 0 aliphatic carbocycles. The van der Waals surface area contributed by atoms with Crippen molar-refractivity contribution in [1.29, 1.82) is 0 Å². The molecular formula is C19H19BrFN3O4. The van der Waals surface area contributed by atoms with Gasteiger partial charge >= 0.3 is 0 Å². The first kappa shape index (κ1) is 21.4. The monoisotopic (exact) mass is 451 g/mol. The van der Waals surface area contributed by atoms with E-state index in [1.54, 1.807) is 25.1 Å². The fourth-order valence-corrected chi connectivity index (χ4v) is 2.58. The number of anilines is 1.